The van der Waals surface area contributed by atoms with E-state index >= 15 is 0 Å². The molecule has 3 aromatic rings. The number of ether oxygens (including phenoxy) is 1. The van der Waals surface area contributed by atoms with E-state index in [1.807, 2.05) is 6.92 Å². The minimum atomic E-state index is -0.645. The van der Waals surface area contributed by atoms with E-state index in [1.165, 1.54) is 36.0 Å². The van der Waals surface area contributed by atoms with Crippen LogP contribution in [0.5, 0.6) is 5.75 Å². The molecule has 0 amide bonds. The number of H-pyrrole nitrogens is 1. The molecule has 0 aliphatic heterocycles. The number of rotatable bonds is 7. The van der Waals surface area contributed by atoms with Crippen molar-refractivity contribution < 1.29 is 18.3 Å². The normalized spacial score (nSPS) is 11.5. The van der Waals surface area contributed by atoms with Crippen molar-refractivity contribution in [2.24, 2.45) is 0 Å². The van der Waals surface area contributed by atoms with E-state index in [0.29, 0.717) is 28.3 Å². The third-order valence-corrected chi connectivity index (χ3v) is 4.31. The fourth-order valence-electron chi connectivity index (χ4n) is 2.80. The van der Waals surface area contributed by atoms with Crippen LogP contribution in [0.2, 0.25) is 0 Å². The Kier molecular flexibility index (Phi) is 7.26. The number of hydrogen-bond acceptors (Lipinski definition) is 6. The molecule has 0 fully saturated rings. The predicted octanol–water partition coefficient (Wildman–Crippen LogP) is 4.11. The van der Waals surface area contributed by atoms with Gasteiger partial charge in [-0.2, -0.15) is 10.2 Å². The zero-order valence-corrected chi connectivity index (χ0v) is 17.0. The van der Waals surface area contributed by atoms with Crippen LogP contribution in [0, 0.1) is 5.82 Å². The van der Waals surface area contributed by atoms with Crippen molar-refractivity contribution in [2.45, 2.75) is 19.9 Å². The van der Waals surface area contributed by atoms with Gasteiger partial charge < -0.3 is 10.1 Å². The number of carbonyl (C=O) groups is 1. The highest BCUT2D eigenvalue weighted by Crippen LogP contribution is 2.28. The summed E-state index contributed by atoms with van der Waals surface area (Å²) in [5.41, 5.74) is 1.81. The minimum Gasteiger partial charge on any atom is -0.490 e. The van der Waals surface area contributed by atoms with Gasteiger partial charge in [0.1, 0.15) is 30.7 Å². The van der Waals surface area contributed by atoms with Gasteiger partial charge in [0.25, 0.3) is 0 Å². The molecule has 2 heterocycles. The van der Waals surface area contributed by atoms with Gasteiger partial charge in [-0.1, -0.05) is 0 Å². The van der Waals surface area contributed by atoms with E-state index in [9.17, 15) is 13.6 Å². The SMILES string of the molecule is CC(=O)n1cc(-c2cn[nH]ccc(NC(C)c3cc(F)ccc3OCCF)nc2)cn1. The quantitative estimate of drug-likeness (QED) is 0.588. The summed E-state index contributed by atoms with van der Waals surface area (Å²) in [7, 11) is 0. The van der Waals surface area contributed by atoms with Crippen molar-refractivity contribution in [2.75, 3.05) is 18.6 Å². The first-order valence-electron chi connectivity index (χ1n) is 9.51. The number of aromatic amines is 1. The van der Waals surface area contributed by atoms with Gasteiger partial charge in [0.2, 0.25) is 5.91 Å². The Morgan fingerprint density at radius 2 is 2.10 bits per heavy atom. The van der Waals surface area contributed by atoms with Crippen molar-refractivity contribution in [1.29, 1.82) is 0 Å². The number of hydrogen-bond donors (Lipinski definition) is 2. The first-order chi connectivity index (χ1) is 15.0. The summed E-state index contributed by atoms with van der Waals surface area (Å²) in [6, 6.07) is 5.34. The highest BCUT2D eigenvalue weighted by atomic mass is 19.1. The lowest BCUT2D eigenvalue weighted by atomic mass is 10.1. The molecular weight excluding hydrogens is 406 g/mol. The summed E-state index contributed by atoms with van der Waals surface area (Å²) in [4.78, 5) is 15.9. The molecule has 162 valence electrons. The molecule has 0 spiro atoms. The number of aromatic nitrogens is 5. The van der Waals surface area contributed by atoms with Crippen LogP contribution in [0.3, 0.4) is 0 Å². The highest BCUT2D eigenvalue weighted by molar-refractivity contribution is 5.76. The lowest BCUT2D eigenvalue weighted by molar-refractivity contribution is 0.0921. The molecule has 2 N–H and O–H groups in total. The number of nitrogens with one attached hydrogen (secondary N) is 2. The van der Waals surface area contributed by atoms with E-state index in [4.69, 9.17) is 4.74 Å². The molecule has 31 heavy (non-hydrogen) atoms. The molecular formula is C21H22F2N6O2. The molecule has 0 saturated heterocycles. The second-order valence-electron chi connectivity index (χ2n) is 6.60. The van der Waals surface area contributed by atoms with Crippen LogP contribution < -0.4 is 10.1 Å². The van der Waals surface area contributed by atoms with E-state index in [2.05, 4.69) is 25.6 Å². The smallest absolute Gasteiger partial charge is 0.243 e. The minimum absolute atomic E-state index is 0.118. The lowest BCUT2D eigenvalue weighted by Gasteiger charge is -2.18. The van der Waals surface area contributed by atoms with Gasteiger partial charge in [0.05, 0.1) is 18.4 Å². The molecule has 0 aliphatic rings. The van der Waals surface area contributed by atoms with Gasteiger partial charge in [-0.25, -0.2) is 18.4 Å². The van der Waals surface area contributed by atoms with Crippen LogP contribution in [0.15, 0.2) is 55.2 Å². The maximum absolute atomic E-state index is 13.8. The Labute approximate surface area is 177 Å². The van der Waals surface area contributed by atoms with Crippen molar-refractivity contribution in [3.63, 3.8) is 0 Å². The van der Waals surface area contributed by atoms with Crippen LogP contribution in [-0.4, -0.2) is 44.2 Å². The topological polar surface area (TPSA) is 97.7 Å². The first kappa shape index (κ1) is 21.9. The van der Waals surface area contributed by atoms with Crippen molar-refractivity contribution >= 4 is 11.7 Å². The lowest BCUT2D eigenvalue weighted by Crippen LogP contribution is -2.11. The van der Waals surface area contributed by atoms with Gasteiger partial charge in [0.15, 0.2) is 0 Å². The standard InChI is InChI=1S/C21H22F2N6O2/c1-14(19-9-18(23)3-4-20(19)31-8-6-22)28-21-5-7-25-26-11-16(10-24-21)17-12-27-29(13-17)15(2)30/h3-5,7,9-14,25H,6,8H2,1-2H3,(H,24,28). The second kappa shape index (κ2) is 10.3. The van der Waals surface area contributed by atoms with Gasteiger partial charge in [0, 0.05) is 42.2 Å². The third kappa shape index (κ3) is 5.84. The van der Waals surface area contributed by atoms with E-state index in [-0.39, 0.29) is 12.5 Å². The van der Waals surface area contributed by atoms with Crippen LogP contribution in [0.4, 0.5) is 14.6 Å². The summed E-state index contributed by atoms with van der Waals surface area (Å²) < 4.78 is 32.9. The van der Waals surface area contributed by atoms with Gasteiger partial charge in [-0.05, 0) is 31.2 Å². The molecule has 0 radical (unpaired) electrons. The Morgan fingerprint density at radius 1 is 1.26 bits per heavy atom. The average molecular weight is 428 g/mol. The largest absolute Gasteiger partial charge is 0.490 e. The average Bonchev–Trinajstić information content (AvgIpc) is 3.27. The maximum Gasteiger partial charge on any atom is 0.243 e. The molecule has 0 aliphatic carbocycles. The molecule has 8 nitrogen and oxygen atoms in total. The monoisotopic (exact) mass is 428 g/mol. The Morgan fingerprint density at radius 3 is 2.84 bits per heavy atom. The zero-order chi connectivity index (χ0) is 22.2. The molecule has 2 aromatic heterocycles. The van der Waals surface area contributed by atoms with Crippen LogP contribution >= 0.6 is 0 Å². The first-order valence-corrected chi connectivity index (χ1v) is 9.51. The van der Waals surface area contributed by atoms with Gasteiger partial charge in [-0.3, -0.25) is 9.89 Å². The summed E-state index contributed by atoms with van der Waals surface area (Å²) >= 11 is 0. The summed E-state index contributed by atoms with van der Waals surface area (Å²) in [5, 5.41) is 14.0. The molecule has 3 rings (SSSR count). The van der Waals surface area contributed by atoms with Gasteiger partial charge >= 0.3 is 0 Å². The Hall–Kier alpha value is -3.82. The number of carbonyl (C=O) groups excluding carboxylic acids is 1. The predicted molar refractivity (Wildman–Crippen MR) is 111 cm³/mol. The molecule has 1 atom stereocenters. The molecule has 0 saturated carbocycles. The maximum atomic E-state index is 13.8. The number of anilines is 1. The van der Waals surface area contributed by atoms with Crippen LogP contribution in [0.1, 0.15) is 30.2 Å². The highest BCUT2D eigenvalue weighted by Gasteiger charge is 2.14. The molecule has 10 heteroatoms. The van der Waals surface area contributed by atoms with Crippen molar-refractivity contribution in [3.05, 3.63) is 66.6 Å². The third-order valence-electron chi connectivity index (χ3n) is 4.31. The van der Waals surface area contributed by atoms with Crippen molar-refractivity contribution in [1.82, 2.24) is 25.0 Å². The fourth-order valence-corrected chi connectivity index (χ4v) is 2.80. The summed E-state index contributed by atoms with van der Waals surface area (Å²) in [6.45, 7) is 2.46. The summed E-state index contributed by atoms with van der Waals surface area (Å²) in [6.07, 6.45) is 7.83. The van der Waals surface area contributed by atoms with Crippen molar-refractivity contribution in [3.8, 4) is 16.9 Å². The number of nitrogens with zero attached hydrogens (tertiary/aromatic N) is 4. The number of benzene rings is 1. The summed E-state index contributed by atoms with van der Waals surface area (Å²) in [5.74, 6) is 0.207. The van der Waals surface area contributed by atoms with E-state index < -0.39 is 18.5 Å². The van der Waals surface area contributed by atoms with Gasteiger partial charge in [-0.15, -0.1) is 0 Å². The van der Waals surface area contributed by atoms with Crippen LogP contribution in [-0.2, 0) is 0 Å². The van der Waals surface area contributed by atoms with E-state index in [0.717, 1.165) is 0 Å². The Bertz CT molecular complexity index is 1100. The molecule has 0 bridgehead atoms. The number of halogens is 2. The fraction of sp³-hybridized carbons (Fsp3) is 0.238. The van der Waals surface area contributed by atoms with Crippen LogP contribution in [0.25, 0.3) is 11.1 Å². The molecule has 1 unspecified atom stereocenters. The zero-order valence-electron chi connectivity index (χ0n) is 17.0. The second-order valence-corrected chi connectivity index (χ2v) is 6.60. The molecule has 1 aromatic carbocycles. The van der Waals surface area contributed by atoms with E-state index in [1.54, 1.807) is 30.9 Å². The number of alkyl halides is 1. The Balaban J connectivity index is 1.90.